The molecule has 4 heteroatoms. The molecule has 0 saturated heterocycles. The number of methoxy groups -OCH3 is 1. The third-order valence-electron chi connectivity index (χ3n) is 3.45. The molecule has 0 aliphatic rings. The predicted molar refractivity (Wildman–Crippen MR) is 78.2 cm³/mol. The lowest BCUT2D eigenvalue weighted by Gasteiger charge is -2.05. The molecule has 0 aliphatic heterocycles. The van der Waals surface area contributed by atoms with Crippen molar-refractivity contribution in [3.63, 3.8) is 0 Å². The van der Waals surface area contributed by atoms with E-state index in [2.05, 4.69) is 0 Å². The van der Waals surface area contributed by atoms with Crippen molar-refractivity contribution in [1.29, 1.82) is 0 Å². The number of aromatic nitrogens is 2. The zero-order chi connectivity index (χ0) is 14.1. The Labute approximate surface area is 117 Å². The molecule has 0 unspecified atom stereocenters. The van der Waals surface area contributed by atoms with Crippen molar-refractivity contribution < 1.29 is 9.53 Å². The molecule has 3 aromatic rings. The van der Waals surface area contributed by atoms with E-state index in [0.717, 1.165) is 22.2 Å². The molecule has 0 aliphatic carbocycles. The number of hydrogen-bond donors (Lipinski definition) is 0. The van der Waals surface area contributed by atoms with Crippen molar-refractivity contribution in [2.45, 2.75) is 6.54 Å². The predicted octanol–water partition coefficient (Wildman–Crippen LogP) is 2.87. The number of ketones is 1. The zero-order valence-electron chi connectivity index (χ0n) is 11.5. The Kier molecular flexibility index (Phi) is 3.06. The Morgan fingerprint density at radius 1 is 1.20 bits per heavy atom. The van der Waals surface area contributed by atoms with E-state index in [1.165, 1.54) is 0 Å². The Bertz CT molecular complexity index is 768. The normalized spacial score (nSPS) is 10.9. The van der Waals surface area contributed by atoms with Gasteiger partial charge in [0.2, 0.25) is 0 Å². The zero-order valence-corrected chi connectivity index (χ0v) is 11.5. The molecule has 0 fully saturated rings. The fraction of sp³-hybridized carbons (Fsp3) is 0.188. The topological polar surface area (TPSA) is 36.2 Å². The Morgan fingerprint density at radius 3 is 2.75 bits per heavy atom. The molecule has 4 nitrogen and oxygen atoms in total. The van der Waals surface area contributed by atoms with Gasteiger partial charge in [-0.1, -0.05) is 0 Å². The van der Waals surface area contributed by atoms with Crippen LogP contribution >= 0.6 is 0 Å². The Morgan fingerprint density at radius 2 is 2.05 bits per heavy atom. The van der Waals surface area contributed by atoms with Crippen LogP contribution in [-0.4, -0.2) is 22.0 Å². The van der Waals surface area contributed by atoms with Crippen molar-refractivity contribution in [2.24, 2.45) is 7.05 Å². The van der Waals surface area contributed by atoms with E-state index in [4.69, 9.17) is 4.74 Å². The summed E-state index contributed by atoms with van der Waals surface area (Å²) in [6, 6.07) is 9.70. The highest BCUT2D eigenvalue weighted by Crippen LogP contribution is 2.22. The first-order valence-electron chi connectivity index (χ1n) is 6.45. The summed E-state index contributed by atoms with van der Waals surface area (Å²) in [6.07, 6.45) is 5.66. The molecule has 2 aromatic heterocycles. The first-order chi connectivity index (χ1) is 9.67. The highest BCUT2D eigenvalue weighted by molar-refractivity contribution is 5.96. The highest BCUT2D eigenvalue weighted by Gasteiger charge is 2.10. The van der Waals surface area contributed by atoms with Gasteiger partial charge < -0.3 is 13.9 Å². The summed E-state index contributed by atoms with van der Waals surface area (Å²) in [4.78, 5) is 12.2. The van der Waals surface area contributed by atoms with Crippen LogP contribution in [0, 0.1) is 0 Å². The monoisotopic (exact) mass is 268 g/mol. The molecular formula is C16H16N2O2. The number of fused-ring (bicyclic) bond motifs is 1. The number of aryl methyl sites for hydroxylation is 1. The van der Waals surface area contributed by atoms with Crippen LogP contribution in [0.4, 0.5) is 0 Å². The van der Waals surface area contributed by atoms with E-state index < -0.39 is 0 Å². The standard InChI is InChI=1S/C16H16N2O2/c1-17-7-5-13(10-17)16(19)11-18-8-6-12-9-14(20-2)3-4-15(12)18/h3-10H,11H2,1-2H3. The van der Waals surface area contributed by atoms with Gasteiger partial charge in [-0.15, -0.1) is 0 Å². The van der Waals surface area contributed by atoms with Crippen LogP contribution in [-0.2, 0) is 13.6 Å². The van der Waals surface area contributed by atoms with Crippen LogP contribution in [0.5, 0.6) is 5.75 Å². The van der Waals surface area contributed by atoms with Gasteiger partial charge in [-0.05, 0) is 30.3 Å². The summed E-state index contributed by atoms with van der Waals surface area (Å²) in [5.41, 5.74) is 1.78. The summed E-state index contributed by atoms with van der Waals surface area (Å²) in [5.74, 6) is 0.934. The molecule has 0 atom stereocenters. The molecule has 1 aromatic carbocycles. The molecule has 2 heterocycles. The van der Waals surface area contributed by atoms with Gasteiger partial charge in [0.25, 0.3) is 0 Å². The Balaban J connectivity index is 1.89. The van der Waals surface area contributed by atoms with E-state index >= 15 is 0 Å². The number of nitrogens with zero attached hydrogens (tertiary/aromatic N) is 2. The van der Waals surface area contributed by atoms with Gasteiger partial charge in [0.05, 0.1) is 13.7 Å². The maximum absolute atomic E-state index is 12.2. The van der Waals surface area contributed by atoms with Gasteiger partial charge in [0, 0.05) is 42.1 Å². The van der Waals surface area contributed by atoms with Crippen LogP contribution in [0.3, 0.4) is 0 Å². The van der Waals surface area contributed by atoms with Crippen molar-refractivity contribution in [1.82, 2.24) is 9.13 Å². The largest absolute Gasteiger partial charge is 0.497 e. The fourth-order valence-corrected chi connectivity index (χ4v) is 2.36. The lowest BCUT2D eigenvalue weighted by molar-refractivity contribution is 0.0973. The molecular weight excluding hydrogens is 252 g/mol. The molecule has 0 saturated carbocycles. The first kappa shape index (κ1) is 12.5. The number of Topliss-reactive ketones (excluding diaryl/α,β-unsaturated/α-hetero) is 1. The molecule has 0 N–H and O–H groups in total. The number of rotatable bonds is 4. The van der Waals surface area contributed by atoms with Crippen molar-refractivity contribution in [3.8, 4) is 5.75 Å². The minimum absolute atomic E-state index is 0.110. The van der Waals surface area contributed by atoms with Crippen LogP contribution in [0.25, 0.3) is 10.9 Å². The lowest BCUT2D eigenvalue weighted by Crippen LogP contribution is -2.08. The van der Waals surface area contributed by atoms with Crippen LogP contribution in [0.2, 0.25) is 0 Å². The quantitative estimate of drug-likeness (QED) is 0.682. The molecule has 3 rings (SSSR count). The van der Waals surface area contributed by atoms with Crippen LogP contribution in [0.1, 0.15) is 10.4 Å². The molecule has 0 radical (unpaired) electrons. The number of hydrogen-bond acceptors (Lipinski definition) is 2. The third kappa shape index (κ3) is 2.20. The summed E-state index contributed by atoms with van der Waals surface area (Å²) in [5, 5.41) is 1.07. The fourth-order valence-electron chi connectivity index (χ4n) is 2.36. The van der Waals surface area contributed by atoms with Gasteiger partial charge in [0.15, 0.2) is 5.78 Å². The van der Waals surface area contributed by atoms with Gasteiger partial charge in [-0.2, -0.15) is 0 Å². The summed E-state index contributed by atoms with van der Waals surface area (Å²) in [7, 11) is 3.56. The van der Waals surface area contributed by atoms with E-state index in [1.54, 1.807) is 7.11 Å². The number of carbonyl (C=O) groups excluding carboxylic acids is 1. The third-order valence-corrected chi connectivity index (χ3v) is 3.45. The van der Waals surface area contributed by atoms with Crippen molar-refractivity contribution in [2.75, 3.05) is 7.11 Å². The maximum atomic E-state index is 12.2. The molecule has 102 valence electrons. The SMILES string of the molecule is COc1ccc2c(ccn2CC(=O)c2ccn(C)c2)c1. The average molecular weight is 268 g/mol. The van der Waals surface area contributed by atoms with Gasteiger partial charge >= 0.3 is 0 Å². The second-order valence-corrected chi connectivity index (χ2v) is 4.86. The van der Waals surface area contributed by atoms with E-state index in [1.807, 2.05) is 65.1 Å². The summed E-state index contributed by atoms with van der Waals surface area (Å²) < 4.78 is 9.05. The molecule has 0 bridgehead atoms. The van der Waals surface area contributed by atoms with Crippen molar-refractivity contribution in [3.05, 3.63) is 54.5 Å². The lowest BCUT2D eigenvalue weighted by atomic mass is 10.2. The van der Waals surface area contributed by atoms with Gasteiger partial charge in [-0.3, -0.25) is 4.79 Å². The maximum Gasteiger partial charge on any atom is 0.184 e. The minimum atomic E-state index is 0.110. The number of benzene rings is 1. The second kappa shape index (κ2) is 4.89. The highest BCUT2D eigenvalue weighted by atomic mass is 16.5. The molecule has 0 amide bonds. The van der Waals surface area contributed by atoms with Crippen LogP contribution < -0.4 is 4.74 Å². The van der Waals surface area contributed by atoms with Gasteiger partial charge in [0.1, 0.15) is 5.75 Å². The van der Waals surface area contributed by atoms with Gasteiger partial charge in [-0.25, -0.2) is 0 Å². The van der Waals surface area contributed by atoms with E-state index in [9.17, 15) is 4.79 Å². The van der Waals surface area contributed by atoms with Crippen LogP contribution in [0.15, 0.2) is 48.9 Å². The number of carbonyl (C=O) groups is 1. The summed E-state index contributed by atoms with van der Waals surface area (Å²) >= 11 is 0. The van der Waals surface area contributed by atoms with Crippen molar-refractivity contribution >= 4 is 16.7 Å². The smallest absolute Gasteiger partial charge is 0.184 e. The van der Waals surface area contributed by atoms with E-state index in [-0.39, 0.29) is 5.78 Å². The molecule has 0 spiro atoms. The minimum Gasteiger partial charge on any atom is -0.497 e. The Hall–Kier alpha value is -2.49. The molecule has 20 heavy (non-hydrogen) atoms. The van der Waals surface area contributed by atoms with E-state index in [0.29, 0.717) is 6.54 Å². The average Bonchev–Trinajstić information content (AvgIpc) is 3.05. The summed E-state index contributed by atoms with van der Waals surface area (Å²) in [6.45, 7) is 0.347. The first-order valence-corrected chi connectivity index (χ1v) is 6.45. The second-order valence-electron chi connectivity index (χ2n) is 4.86. The number of ether oxygens (including phenoxy) is 1.